The second-order valence-electron chi connectivity index (χ2n) is 2.01. The summed E-state index contributed by atoms with van der Waals surface area (Å²) in [4.78, 5) is 10.4. The van der Waals surface area contributed by atoms with E-state index < -0.39 is 5.97 Å². The van der Waals surface area contributed by atoms with Gasteiger partial charge < -0.3 is 5.11 Å². The predicted octanol–water partition coefficient (Wildman–Crippen LogP) is 0.0996. The lowest BCUT2D eigenvalue weighted by Crippen LogP contribution is -2.00. The van der Waals surface area contributed by atoms with Crippen LogP contribution in [0.3, 0.4) is 0 Å². The number of rotatable bonds is 1. The van der Waals surface area contributed by atoms with Gasteiger partial charge in [-0.2, -0.15) is 5.10 Å². The third-order valence-electron chi connectivity index (χ3n) is 1.19. The van der Waals surface area contributed by atoms with Crippen molar-refractivity contribution in [2.75, 3.05) is 0 Å². The van der Waals surface area contributed by atoms with Crippen LogP contribution in [-0.2, 0) is 7.05 Å². The monoisotopic (exact) mass is 150 g/mol. The van der Waals surface area contributed by atoms with Crippen LogP contribution in [0.2, 0.25) is 0 Å². The number of terminal acetylenes is 1. The van der Waals surface area contributed by atoms with Crippen molar-refractivity contribution in [3.05, 3.63) is 17.5 Å². The van der Waals surface area contributed by atoms with E-state index in [-0.39, 0.29) is 5.69 Å². The number of carbonyl (C=O) groups is 1. The third-order valence-corrected chi connectivity index (χ3v) is 1.19. The van der Waals surface area contributed by atoms with Crippen LogP contribution < -0.4 is 0 Å². The molecule has 1 rings (SSSR count). The summed E-state index contributed by atoms with van der Waals surface area (Å²) in [7, 11) is 1.62. The van der Waals surface area contributed by atoms with Gasteiger partial charge in [-0.25, -0.2) is 4.79 Å². The van der Waals surface area contributed by atoms with E-state index in [1.165, 1.54) is 10.9 Å². The van der Waals surface area contributed by atoms with Crippen molar-refractivity contribution >= 4 is 5.97 Å². The fourth-order valence-electron chi connectivity index (χ4n) is 0.752. The molecule has 11 heavy (non-hydrogen) atoms. The summed E-state index contributed by atoms with van der Waals surface area (Å²) in [6.07, 6.45) is 6.52. The molecule has 1 aromatic heterocycles. The van der Waals surface area contributed by atoms with Gasteiger partial charge in [0.25, 0.3) is 0 Å². The van der Waals surface area contributed by atoms with Gasteiger partial charge in [-0.1, -0.05) is 5.92 Å². The van der Waals surface area contributed by atoms with E-state index in [0.717, 1.165) is 0 Å². The second-order valence-corrected chi connectivity index (χ2v) is 2.01. The minimum Gasteiger partial charge on any atom is -0.476 e. The number of nitrogens with zero attached hydrogens (tertiary/aromatic N) is 2. The molecule has 0 atom stereocenters. The molecule has 4 nitrogen and oxygen atoms in total. The van der Waals surface area contributed by atoms with E-state index in [9.17, 15) is 4.79 Å². The van der Waals surface area contributed by atoms with E-state index in [1.807, 2.05) is 0 Å². The third kappa shape index (κ3) is 1.22. The van der Waals surface area contributed by atoms with Gasteiger partial charge in [0.1, 0.15) is 0 Å². The fraction of sp³-hybridized carbons (Fsp3) is 0.143. The van der Waals surface area contributed by atoms with Gasteiger partial charge in [0.15, 0.2) is 5.69 Å². The molecule has 0 radical (unpaired) electrons. The van der Waals surface area contributed by atoms with Gasteiger partial charge in [0.05, 0.1) is 5.56 Å². The van der Waals surface area contributed by atoms with Crippen molar-refractivity contribution in [1.29, 1.82) is 0 Å². The minimum absolute atomic E-state index is 0.0741. The highest BCUT2D eigenvalue weighted by atomic mass is 16.4. The number of hydrogen-bond donors (Lipinski definition) is 1. The number of aromatic carboxylic acids is 1. The first kappa shape index (κ1) is 7.35. The van der Waals surface area contributed by atoms with E-state index in [1.54, 1.807) is 7.05 Å². The lowest BCUT2D eigenvalue weighted by Gasteiger charge is -1.84. The van der Waals surface area contributed by atoms with Gasteiger partial charge in [-0.15, -0.1) is 6.42 Å². The normalized spacial score (nSPS) is 9.09. The predicted molar refractivity (Wildman–Crippen MR) is 38.1 cm³/mol. The summed E-state index contributed by atoms with van der Waals surface area (Å²) in [6.45, 7) is 0. The van der Waals surface area contributed by atoms with Crippen LogP contribution in [0.5, 0.6) is 0 Å². The Kier molecular flexibility index (Phi) is 1.65. The summed E-state index contributed by atoms with van der Waals surface area (Å²) in [5, 5.41) is 12.2. The van der Waals surface area contributed by atoms with Gasteiger partial charge in [-0.3, -0.25) is 4.68 Å². The Morgan fingerprint density at radius 2 is 2.55 bits per heavy atom. The summed E-state index contributed by atoms with van der Waals surface area (Å²) in [6, 6.07) is 0. The summed E-state index contributed by atoms with van der Waals surface area (Å²) in [5.74, 6) is 1.14. The van der Waals surface area contributed by atoms with Crippen LogP contribution in [0.15, 0.2) is 6.20 Å². The number of carboxylic acid groups (broad SMARTS) is 1. The molecule has 1 aromatic rings. The van der Waals surface area contributed by atoms with Crippen LogP contribution in [-0.4, -0.2) is 20.9 Å². The van der Waals surface area contributed by atoms with Crippen molar-refractivity contribution in [1.82, 2.24) is 9.78 Å². The highest BCUT2D eigenvalue weighted by molar-refractivity contribution is 5.88. The number of hydrogen-bond acceptors (Lipinski definition) is 2. The van der Waals surface area contributed by atoms with E-state index >= 15 is 0 Å². The average molecular weight is 150 g/mol. The molecule has 0 aromatic carbocycles. The van der Waals surface area contributed by atoms with Gasteiger partial charge in [0, 0.05) is 13.2 Å². The van der Waals surface area contributed by atoms with Gasteiger partial charge in [0.2, 0.25) is 0 Å². The van der Waals surface area contributed by atoms with E-state index in [2.05, 4.69) is 11.0 Å². The lowest BCUT2D eigenvalue weighted by molar-refractivity contribution is 0.0689. The molecule has 0 bridgehead atoms. The molecule has 1 heterocycles. The Balaban J connectivity index is 3.26. The zero-order chi connectivity index (χ0) is 8.43. The lowest BCUT2D eigenvalue weighted by atomic mass is 10.3. The summed E-state index contributed by atoms with van der Waals surface area (Å²) >= 11 is 0. The van der Waals surface area contributed by atoms with Crippen LogP contribution in [0.1, 0.15) is 16.1 Å². The Morgan fingerprint density at radius 3 is 2.91 bits per heavy atom. The Morgan fingerprint density at radius 1 is 1.91 bits per heavy atom. The first-order valence-corrected chi connectivity index (χ1v) is 2.88. The number of aryl methyl sites for hydroxylation is 1. The van der Waals surface area contributed by atoms with Gasteiger partial charge in [-0.05, 0) is 0 Å². The van der Waals surface area contributed by atoms with Crippen LogP contribution in [0, 0.1) is 12.3 Å². The van der Waals surface area contributed by atoms with Crippen molar-refractivity contribution in [2.24, 2.45) is 7.05 Å². The van der Waals surface area contributed by atoms with Crippen LogP contribution in [0.4, 0.5) is 0 Å². The number of aromatic nitrogens is 2. The molecule has 0 aliphatic heterocycles. The van der Waals surface area contributed by atoms with Crippen molar-refractivity contribution in [3.63, 3.8) is 0 Å². The molecule has 1 N–H and O–H groups in total. The van der Waals surface area contributed by atoms with E-state index in [0.29, 0.717) is 5.56 Å². The first-order valence-electron chi connectivity index (χ1n) is 2.88. The van der Waals surface area contributed by atoms with Gasteiger partial charge >= 0.3 is 5.97 Å². The molecule has 0 saturated carbocycles. The standard InChI is InChI=1S/C7H6N2O2/c1-3-5-4-9(2)8-6(5)7(10)11/h1,4H,2H3,(H,10,11). The van der Waals surface area contributed by atoms with E-state index in [4.69, 9.17) is 11.5 Å². The molecule has 0 amide bonds. The smallest absolute Gasteiger partial charge is 0.357 e. The van der Waals surface area contributed by atoms with Crippen molar-refractivity contribution in [2.45, 2.75) is 0 Å². The van der Waals surface area contributed by atoms with Crippen LogP contribution in [0.25, 0.3) is 0 Å². The molecule has 0 spiro atoms. The topological polar surface area (TPSA) is 55.1 Å². The maximum atomic E-state index is 10.4. The number of carboxylic acids is 1. The quantitative estimate of drug-likeness (QED) is 0.577. The van der Waals surface area contributed by atoms with Crippen LogP contribution >= 0.6 is 0 Å². The Bertz CT molecular complexity index is 333. The molecular weight excluding hydrogens is 144 g/mol. The first-order chi connectivity index (χ1) is 5.15. The SMILES string of the molecule is C#Cc1cn(C)nc1C(=O)O. The molecule has 4 heteroatoms. The molecule has 0 unspecified atom stereocenters. The molecule has 56 valence electrons. The maximum Gasteiger partial charge on any atom is 0.357 e. The average Bonchev–Trinajstić information content (AvgIpc) is 2.30. The summed E-state index contributed by atoms with van der Waals surface area (Å²) < 4.78 is 1.37. The molecule has 0 aliphatic carbocycles. The zero-order valence-corrected chi connectivity index (χ0v) is 5.90. The maximum absolute atomic E-state index is 10.4. The largest absolute Gasteiger partial charge is 0.476 e. The van der Waals surface area contributed by atoms with Crippen molar-refractivity contribution in [3.8, 4) is 12.3 Å². The minimum atomic E-state index is -1.10. The zero-order valence-electron chi connectivity index (χ0n) is 5.90. The van der Waals surface area contributed by atoms with Crippen molar-refractivity contribution < 1.29 is 9.90 Å². The summed E-state index contributed by atoms with van der Waals surface area (Å²) in [5.41, 5.74) is 0.231. The molecule has 0 fully saturated rings. The molecule has 0 saturated heterocycles. The second kappa shape index (κ2) is 2.46. The highest BCUT2D eigenvalue weighted by Crippen LogP contribution is 2.03. The molecular formula is C7H6N2O2. The fourth-order valence-corrected chi connectivity index (χ4v) is 0.752. The highest BCUT2D eigenvalue weighted by Gasteiger charge is 2.11. The molecule has 0 aliphatic rings. The Hall–Kier alpha value is -1.76. The Labute approximate surface area is 63.5 Å².